The van der Waals surface area contributed by atoms with E-state index in [0.29, 0.717) is 17.7 Å². The van der Waals surface area contributed by atoms with Crippen LogP contribution in [0.1, 0.15) is 27.2 Å². The second-order valence-corrected chi connectivity index (χ2v) is 7.34. The summed E-state index contributed by atoms with van der Waals surface area (Å²) >= 11 is 0. The molecule has 0 bridgehead atoms. The third-order valence-electron chi connectivity index (χ3n) is 5.23. The fourth-order valence-electron chi connectivity index (χ4n) is 3.91. The molecule has 7 nitrogen and oxygen atoms in total. The molecule has 0 saturated heterocycles. The highest BCUT2D eigenvalue weighted by molar-refractivity contribution is 5.99. The molecule has 3 aromatic rings. The molecule has 1 aliphatic rings. The first-order chi connectivity index (χ1) is 13.3. The summed E-state index contributed by atoms with van der Waals surface area (Å²) in [7, 11) is 6.05. The lowest BCUT2D eigenvalue weighted by Crippen LogP contribution is -2.20. The van der Waals surface area contributed by atoms with Crippen LogP contribution in [0, 0.1) is 0 Å². The van der Waals surface area contributed by atoms with Gasteiger partial charge in [-0.3, -0.25) is 4.79 Å². The third-order valence-corrected chi connectivity index (χ3v) is 5.23. The lowest BCUT2D eigenvalue weighted by molar-refractivity contribution is 0.0691. The van der Waals surface area contributed by atoms with Crippen LogP contribution in [-0.2, 0) is 20.0 Å². The molecule has 4 rings (SSSR count). The molecule has 7 heteroatoms. The van der Waals surface area contributed by atoms with Crippen LogP contribution >= 0.6 is 0 Å². The number of aromatic hydroxyl groups is 1. The van der Waals surface area contributed by atoms with Crippen molar-refractivity contribution in [1.82, 2.24) is 14.5 Å². The van der Waals surface area contributed by atoms with E-state index in [1.54, 1.807) is 0 Å². The number of carboxylic acid groups (broad SMARTS) is 1. The van der Waals surface area contributed by atoms with Gasteiger partial charge >= 0.3 is 5.97 Å². The lowest BCUT2D eigenvalue weighted by Gasteiger charge is -2.13. The van der Waals surface area contributed by atoms with Gasteiger partial charge in [0.1, 0.15) is 5.75 Å². The second kappa shape index (κ2) is 6.38. The molecule has 0 atom stereocenters. The number of aromatic amines is 1. The number of rotatable bonds is 3. The quantitative estimate of drug-likeness (QED) is 0.650. The van der Waals surface area contributed by atoms with Crippen molar-refractivity contribution in [2.45, 2.75) is 13.0 Å². The van der Waals surface area contributed by atoms with Crippen LogP contribution in [0.5, 0.6) is 5.75 Å². The Bertz CT molecular complexity index is 1210. The first-order valence-electron chi connectivity index (χ1n) is 8.94. The van der Waals surface area contributed by atoms with Gasteiger partial charge in [0.05, 0.1) is 5.69 Å². The smallest absolute Gasteiger partial charge is 0.345 e. The maximum absolute atomic E-state index is 12.3. The Morgan fingerprint density at radius 2 is 2.07 bits per heavy atom. The van der Waals surface area contributed by atoms with Crippen LogP contribution in [0.15, 0.2) is 29.1 Å². The van der Waals surface area contributed by atoms with Crippen molar-refractivity contribution >= 4 is 22.9 Å². The number of H-pyrrole nitrogens is 1. The molecule has 1 aromatic carbocycles. The van der Waals surface area contributed by atoms with Gasteiger partial charge in [-0.15, -0.1) is 0 Å². The fourth-order valence-corrected chi connectivity index (χ4v) is 3.91. The fraction of sp³-hybridized carbons (Fsp3) is 0.238. The minimum Gasteiger partial charge on any atom is -0.506 e. The first-order valence-corrected chi connectivity index (χ1v) is 8.94. The summed E-state index contributed by atoms with van der Waals surface area (Å²) in [6, 6.07) is 6.02. The number of hydrogen-bond acceptors (Lipinski definition) is 4. The molecule has 0 fully saturated rings. The number of aromatic carboxylic acids is 1. The molecule has 0 aliphatic heterocycles. The Morgan fingerprint density at radius 3 is 2.75 bits per heavy atom. The number of aromatic nitrogens is 2. The third kappa shape index (κ3) is 2.63. The molecule has 2 aromatic heterocycles. The maximum Gasteiger partial charge on any atom is 0.345 e. The van der Waals surface area contributed by atoms with Gasteiger partial charge in [0, 0.05) is 41.3 Å². The molecule has 0 radical (unpaired) electrons. The van der Waals surface area contributed by atoms with Crippen molar-refractivity contribution in [2.24, 2.45) is 7.05 Å². The topological polar surface area (TPSA) is 98.6 Å². The highest BCUT2D eigenvalue weighted by atomic mass is 16.4. The van der Waals surface area contributed by atoms with Gasteiger partial charge in [0.2, 0.25) is 0 Å². The van der Waals surface area contributed by atoms with Crippen LogP contribution < -0.4 is 5.56 Å². The number of hydrogen-bond donors (Lipinski definition) is 3. The van der Waals surface area contributed by atoms with Gasteiger partial charge in [-0.05, 0) is 38.2 Å². The Balaban J connectivity index is 2.02. The first kappa shape index (κ1) is 18.1. The lowest BCUT2D eigenvalue weighted by atomic mass is 9.97. The van der Waals surface area contributed by atoms with Crippen molar-refractivity contribution in [3.8, 4) is 17.0 Å². The van der Waals surface area contributed by atoms with Gasteiger partial charge in [-0.25, -0.2) is 4.79 Å². The molecule has 2 heterocycles. The largest absolute Gasteiger partial charge is 0.506 e. The van der Waals surface area contributed by atoms with E-state index in [4.69, 9.17) is 0 Å². The van der Waals surface area contributed by atoms with Gasteiger partial charge in [-0.1, -0.05) is 18.2 Å². The minimum atomic E-state index is -1.44. The van der Waals surface area contributed by atoms with Crippen molar-refractivity contribution in [3.63, 3.8) is 0 Å². The Kier molecular flexibility index (Phi) is 4.12. The van der Waals surface area contributed by atoms with Gasteiger partial charge in [0.15, 0.2) is 5.56 Å². The van der Waals surface area contributed by atoms with Crippen LogP contribution in [0.2, 0.25) is 0 Å². The summed E-state index contributed by atoms with van der Waals surface area (Å²) in [6.45, 7) is 0.792. The standard InChI is InChI=1S/C21H21N3O4/c1-23(2)10-11-9-15-12-5-4-6-14-18(13(12)7-8-16(15)24(11)3)22-20(26)17(19(14)25)21(27)28/h4-5,7-9H,6,10H2,1-3H3,(H,27,28)(H2,22,25,26). The number of nitrogens with one attached hydrogen (secondary N) is 1. The summed E-state index contributed by atoms with van der Waals surface area (Å²) in [5.41, 5.74) is 3.38. The van der Waals surface area contributed by atoms with Gasteiger partial charge < -0.3 is 24.7 Å². The van der Waals surface area contributed by atoms with E-state index < -0.39 is 22.8 Å². The zero-order chi connectivity index (χ0) is 20.2. The monoisotopic (exact) mass is 379 g/mol. The SMILES string of the molecule is CN(C)Cc1cc2c3c(ccc2n1C)-c1[nH]c(=O)c(C(=O)O)c(O)c1CC=C3. The number of carboxylic acids is 1. The van der Waals surface area contributed by atoms with Gasteiger partial charge in [0.25, 0.3) is 5.56 Å². The van der Waals surface area contributed by atoms with Crippen LogP contribution in [0.25, 0.3) is 28.2 Å². The van der Waals surface area contributed by atoms with E-state index in [1.165, 1.54) is 0 Å². The van der Waals surface area contributed by atoms with E-state index >= 15 is 0 Å². The molecule has 0 amide bonds. The molecule has 0 spiro atoms. The molecule has 1 aliphatic carbocycles. The Labute approximate surface area is 161 Å². The predicted octanol–water partition coefficient (Wildman–Crippen LogP) is 2.57. The summed E-state index contributed by atoms with van der Waals surface area (Å²) in [5.74, 6) is -1.91. The van der Waals surface area contributed by atoms with Crippen molar-refractivity contribution in [1.29, 1.82) is 0 Å². The van der Waals surface area contributed by atoms with Gasteiger partial charge in [-0.2, -0.15) is 0 Å². The maximum atomic E-state index is 12.3. The Hall–Kier alpha value is -3.32. The number of pyridine rings is 1. The number of carbonyl (C=O) groups is 1. The highest BCUT2D eigenvalue weighted by Crippen LogP contribution is 2.38. The normalized spacial score (nSPS) is 12.9. The number of fused-ring (bicyclic) bond motifs is 5. The van der Waals surface area contributed by atoms with E-state index in [0.717, 1.165) is 34.3 Å². The molecular weight excluding hydrogens is 358 g/mol. The molecular formula is C21H21N3O4. The van der Waals surface area contributed by atoms with E-state index in [1.807, 2.05) is 45.4 Å². The number of allylic oxidation sites excluding steroid dienone is 1. The van der Waals surface area contributed by atoms with E-state index in [9.17, 15) is 19.8 Å². The molecule has 3 N–H and O–H groups in total. The molecule has 144 valence electrons. The zero-order valence-corrected chi connectivity index (χ0v) is 15.9. The Morgan fingerprint density at radius 1 is 1.32 bits per heavy atom. The van der Waals surface area contributed by atoms with E-state index in [-0.39, 0.29) is 0 Å². The number of aryl methyl sites for hydroxylation is 1. The average molecular weight is 379 g/mol. The average Bonchev–Trinajstić information content (AvgIpc) is 2.81. The van der Waals surface area contributed by atoms with Crippen LogP contribution in [-0.4, -0.2) is 44.7 Å². The molecule has 28 heavy (non-hydrogen) atoms. The van der Waals surface area contributed by atoms with Crippen molar-refractivity contribution in [3.05, 3.63) is 57.0 Å². The minimum absolute atomic E-state index is 0.325. The summed E-state index contributed by atoms with van der Waals surface area (Å²) < 4.78 is 2.14. The van der Waals surface area contributed by atoms with Crippen LogP contribution in [0.3, 0.4) is 0 Å². The zero-order valence-electron chi connectivity index (χ0n) is 15.9. The summed E-state index contributed by atoms with van der Waals surface area (Å²) in [5, 5.41) is 20.8. The van der Waals surface area contributed by atoms with E-state index in [2.05, 4.69) is 20.5 Å². The summed E-state index contributed by atoms with van der Waals surface area (Å²) in [4.78, 5) is 28.4. The second-order valence-electron chi connectivity index (χ2n) is 7.34. The highest BCUT2D eigenvalue weighted by Gasteiger charge is 2.25. The van der Waals surface area contributed by atoms with Crippen LogP contribution in [0.4, 0.5) is 0 Å². The molecule has 0 saturated carbocycles. The number of benzene rings is 1. The molecule has 0 unspecified atom stereocenters. The number of nitrogens with zero attached hydrogens (tertiary/aromatic N) is 2. The van der Waals surface area contributed by atoms with Crippen molar-refractivity contribution < 1.29 is 15.0 Å². The summed E-state index contributed by atoms with van der Waals surface area (Å²) in [6.07, 6.45) is 4.17. The predicted molar refractivity (Wildman–Crippen MR) is 108 cm³/mol. The van der Waals surface area contributed by atoms with Crippen molar-refractivity contribution in [2.75, 3.05) is 14.1 Å².